The maximum Gasteiger partial charge on any atom is 0.358 e. The van der Waals surface area contributed by atoms with Crippen molar-refractivity contribution < 1.29 is 9.90 Å². The van der Waals surface area contributed by atoms with Crippen LogP contribution < -0.4 is 0 Å². The van der Waals surface area contributed by atoms with Crippen molar-refractivity contribution in [3.63, 3.8) is 0 Å². The number of aromatic carboxylic acids is 1. The lowest BCUT2D eigenvalue weighted by Crippen LogP contribution is -2.07. The molecule has 100 valence electrons. The molecule has 2 aromatic heterocycles. The van der Waals surface area contributed by atoms with E-state index in [1.54, 1.807) is 0 Å². The Hall–Kier alpha value is -2.18. The molecule has 3 rings (SSSR count). The standard InChI is InChI=1S/C12H15N5O2/c18-12(19)11-8-16(15-13-11)7-9-5-6-17(14-9)10-3-1-2-4-10/h5-6,8,10H,1-4,7H2,(H,18,19). The second-order valence-corrected chi connectivity index (χ2v) is 4.83. The summed E-state index contributed by atoms with van der Waals surface area (Å²) in [5.41, 5.74) is 0.823. The SMILES string of the molecule is O=C(O)c1cn(Cc2ccn(C3CCCC3)n2)nn1. The fourth-order valence-electron chi connectivity index (χ4n) is 2.47. The van der Waals surface area contributed by atoms with E-state index < -0.39 is 5.97 Å². The van der Waals surface area contributed by atoms with E-state index in [1.165, 1.54) is 36.6 Å². The molecular weight excluding hydrogens is 246 g/mol. The third-order valence-corrected chi connectivity index (χ3v) is 3.44. The van der Waals surface area contributed by atoms with E-state index in [2.05, 4.69) is 15.4 Å². The molecule has 0 unspecified atom stereocenters. The Bertz CT molecular complexity index is 582. The number of carbonyl (C=O) groups is 1. The smallest absolute Gasteiger partial charge is 0.358 e. The van der Waals surface area contributed by atoms with Gasteiger partial charge in [-0.3, -0.25) is 4.68 Å². The predicted molar refractivity (Wildman–Crippen MR) is 65.8 cm³/mol. The van der Waals surface area contributed by atoms with Crippen LogP contribution in [0.25, 0.3) is 0 Å². The van der Waals surface area contributed by atoms with Crippen LogP contribution in [-0.4, -0.2) is 35.9 Å². The Balaban J connectivity index is 1.70. The summed E-state index contributed by atoms with van der Waals surface area (Å²) < 4.78 is 3.50. The lowest BCUT2D eigenvalue weighted by Gasteiger charge is -2.08. The van der Waals surface area contributed by atoms with Crippen LogP contribution >= 0.6 is 0 Å². The Kier molecular flexibility index (Phi) is 3.02. The van der Waals surface area contributed by atoms with E-state index in [4.69, 9.17) is 5.11 Å². The van der Waals surface area contributed by atoms with Gasteiger partial charge in [0, 0.05) is 6.20 Å². The first kappa shape index (κ1) is 11.9. The fraction of sp³-hybridized carbons (Fsp3) is 0.500. The van der Waals surface area contributed by atoms with Gasteiger partial charge in [-0.05, 0) is 18.9 Å². The highest BCUT2D eigenvalue weighted by molar-refractivity contribution is 5.84. The molecule has 7 nitrogen and oxygen atoms in total. The van der Waals surface area contributed by atoms with Crippen LogP contribution in [0.3, 0.4) is 0 Å². The van der Waals surface area contributed by atoms with Crippen molar-refractivity contribution in [3.8, 4) is 0 Å². The maximum absolute atomic E-state index is 10.7. The molecule has 0 saturated heterocycles. The van der Waals surface area contributed by atoms with Gasteiger partial charge in [0.25, 0.3) is 0 Å². The minimum atomic E-state index is -1.07. The molecule has 0 radical (unpaired) electrons. The highest BCUT2D eigenvalue weighted by atomic mass is 16.4. The van der Waals surface area contributed by atoms with Gasteiger partial charge in [-0.2, -0.15) is 5.10 Å². The summed E-state index contributed by atoms with van der Waals surface area (Å²) in [6.45, 7) is 0.444. The first-order valence-electron chi connectivity index (χ1n) is 6.40. The average Bonchev–Trinajstić information content (AvgIpc) is 3.09. The highest BCUT2D eigenvalue weighted by Crippen LogP contribution is 2.28. The number of carboxylic acids is 1. The lowest BCUT2D eigenvalue weighted by molar-refractivity contribution is 0.0690. The summed E-state index contributed by atoms with van der Waals surface area (Å²) in [5, 5.41) is 20.6. The molecule has 19 heavy (non-hydrogen) atoms. The molecular formula is C12H15N5O2. The first-order chi connectivity index (χ1) is 9.22. The van der Waals surface area contributed by atoms with E-state index in [0.29, 0.717) is 12.6 Å². The molecule has 1 fully saturated rings. The second kappa shape index (κ2) is 4.83. The minimum absolute atomic E-state index is 0.0461. The Morgan fingerprint density at radius 1 is 1.42 bits per heavy atom. The molecule has 1 N–H and O–H groups in total. The maximum atomic E-state index is 10.7. The molecule has 7 heteroatoms. The molecule has 2 aromatic rings. The Labute approximate surface area is 109 Å². The largest absolute Gasteiger partial charge is 0.476 e. The van der Waals surface area contributed by atoms with Gasteiger partial charge < -0.3 is 5.11 Å². The Morgan fingerprint density at radius 2 is 2.21 bits per heavy atom. The van der Waals surface area contributed by atoms with E-state index in [1.807, 2.05) is 16.9 Å². The van der Waals surface area contributed by atoms with E-state index in [0.717, 1.165) is 5.69 Å². The van der Waals surface area contributed by atoms with Crippen molar-refractivity contribution in [3.05, 3.63) is 29.8 Å². The Morgan fingerprint density at radius 3 is 2.89 bits per heavy atom. The highest BCUT2D eigenvalue weighted by Gasteiger charge is 2.17. The summed E-state index contributed by atoms with van der Waals surface area (Å²) in [4.78, 5) is 10.7. The van der Waals surface area contributed by atoms with Crippen molar-refractivity contribution in [2.45, 2.75) is 38.3 Å². The molecule has 2 heterocycles. The molecule has 0 atom stereocenters. The van der Waals surface area contributed by atoms with Gasteiger partial charge in [0.2, 0.25) is 0 Å². The normalized spacial score (nSPS) is 16.0. The molecule has 0 aliphatic heterocycles. The zero-order valence-corrected chi connectivity index (χ0v) is 10.4. The van der Waals surface area contributed by atoms with Gasteiger partial charge in [-0.15, -0.1) is 5.10 Å². The third-order valence-electron chi connectivity index (χ3n) is 3.44. The van der Waals surface area contributed by atoms with Gasteiger partial charge >= 0.3 is 5.97 Å². The summed E-state index contributed by atoms with van der Waals surface area (Å²) in [7, 11) is 0. The van der Waals surface area contributed by atoms with Gasteiger partial charge in [-0.25, -0.2) is 9.48 Å². The quantitative estimate of drug-likeness (QED) is 0.897. The van der Waals surface area contributed by atoms with Gasteiger partial charge in [0.15, 0.2) is 5.69 Å². The van der Waals surface area contributed by atoms with Gasteiger partial charge in [-0.1, -0.05) is 18.1 Å². The number of aromatic nitrogens is 5. The number of hydrogen-bond donors (Lipinski definition) is 1. The third kappa shape index (κ3) is 2.49. The van der Waals surface area contributed by atoms with Crippen LogP contribution in [0.5, 0.6) is 0 Å². The van der Waals surface area contributed by atoms with Crippen molar-refractivity contribution >= 4 is 5.97 Å². The number of carboxylic acid groups (broad SMARTS) is 1. The topological polar surface area (TPSA) is 85.8 Å². The lowest BCUT2D eigenvalue weighted by atomic mass is 10.3. The number of rotatable bonds is 4. The molecule has 0 amide bonds. The monoisotopic (exact) mass is 261 g/mol. The van der Waals surface area contributed by atoms with E-state index in [9.17, 15) is 4.79 Å². The zero-order valence-electron chi connectivity index (χ0n) is 10.4. The van der Waals surface area contributed by atoms with E-state index >= 15 is 0 Å². The molecule has 0 spiro atoms. The van der Waals surface area contributed by atoms with Gasteiger partial charge in [0.1, 0.15) is 0 Å². The molecule has 1 aliphatic carbocycles. The summed E-state index contributed by atoms with van der Waals surface area (Å²) >= 11 is 0. The average molecular weight is 261 g/mol. The summed E-state index contributed by atoms with van der Waals surface area (Å²) in [5.74, 6) is -1.07. The van der Waals surface area contributed by atoms with Crippen molar-refractivity contribution in [1.29, 1.82) is 0 Å². The molecule has 0 bridgehead atoms. The summed E-state index contributed by atoms with van der Waals surface area (Å²) in [6, 6.07) is 2.46. The molecule has 1 aliphatic rings. The van der Waals surface area contributed by atoms with E-state index in [-0.39, 0.29) is 5.69 Å². The van der Waals surface area contributed by atoms with Crippen LogP contribution in [0.1, 0.15) is 47.9 Å². The van der Waals surface area contributed by atoms with Crippen LogP contribution in [0, 0.1) is 0 Å². The number of hydrogen-bond acceptors (Lipinski definition) is 4. The molecule has 0 aromatic carbocycles. The van der Waals surface area contributed by atoms with Crippen LogP contribution in [0.2, 0.25) is 0 Å². The zero-order chi connectivity index (χ0) is 13.2. The predicted octanol–water partition coefficient (Wildman–Crippen LogP) is 1.34. The van der Waals surface area contributed by atoms with Crippen molar-refractivity contribution in [2.75, 3.05) is 0 Å². The molecule has 1 saturated carbocycles. The summed E-state index contributed by atoms with van der Waals surface area (Å²) in [6.07, 6.45) is 8.31. The second-order valence-electron chi connectivity index (χ2n) is 4.83. The van der Waals surface area contributed by atoms with Crippen molar-refractivity contribution in [2.24, 2.45) is 0 Å². The minimum Gasteiger partial charge on any atom is -0.476 e. The fourth-order valence-corrected chi connectivity index (χ4v) is 2.47. The van der Waals surface area contributed by atoms with Crippen molar-refractivity contribution in [1.82, 2.24) is 24.8 Å². The van der Waals surface area contributed by atoms with Crippen LogP contribution in [0.15, 0.2) is 18.5 Å². The van der Waals surface area contributed by atoms with Crippen LogP contribution in [-0.2, 0) is 6.54 Å². The van der Waals surface area contributed by atoms with Gasteiger partial charge in [0.05, 0.1) is 24.5 Å². The number of nitrogens with zero attached hydrogens (tertiary/aromatic N) is 5. The van der Waals surface area contributed by atoms with Crippen LogP contribution in [0.4, 0.5) is 0 Å². The first-order valence-corrected chi connectivity index (χ1v) is 6.40.